The van der Waals surface area contributed by atoms with Gasteiger partial charge in [-0.1, -0.05) is 17.7 Å². The van der Waals surface area contributed by atoms with Crippen LogP contribution in [0, 0.1) is 0 Å². The van der Waals surface area contributed by atoms with Gasteiger partial charge in [-0.2, -0.15) is 4.31 Å². The molecule has 1 fully saturated rings. The van der Waals surface area contributed by atoms with E-state index in [1.54, 1.807) is 6.07 Å². The number of sulfonamides is 1. The van der Waals surface area contributed by atoms with Crippen LogP contribution in [0.1, 0.15) is 19.4 Å². The maximum atomic E-state index is 12.7. The summed E-state index contributed by atoms with van der Waals surface area (Å²) in [6, 6.07) is 4.46. The predicted molar refractivity (Wildman–Crippen MR) is 82.8 cm³/mol. The fourth-order valence-electron chi connectivity index (χ4n) is 2.37. The molecule has 0 aromatic heterocycles. The number of rotatable bonds is 3. The highest BCUT2D eigenvalue weighted by Crippen LogP contribution is 2.27. The Kier molecular flexibility index (Phi) is 4.66. The smallest absolute Gasteiger partial charge is 0.243 e. The lowest BCUT2D eigenvalue weighted by Crippen LogP contribution is -2.58. The zero-order chi connectivity index (χ0) is 15.8. The minimum Gasteiger partial charge on any atom is -0.392 e. The topological polar surface area (TPSA) is 60.9 Å². The molecule has 0 aliphatic carbocycles. The Labute approximate surface area is 131 Å². The molecule has 0 amide bonds. The highest BCUT2D eigenvalue weighted by molar-refractivity contribution is 7.89. The molecule has 1 aromatic rings. The van der Waals surface area contributed by atoms with E-state index in [-0.39, 0.29) is 22.1 Å². The molecule has 1 aliphatic rings. The van der Waals surface area contributed by atoms with Crippen LogP contribution in [-0.2, 0) is 16.6 Å². The van der Waals surface area contributed by atoms with Gasteiger partial charge in [0, 0.05) is 30.2 Å². The van der Waals surface area contributed by atoms with Crippen molar-refractivity contribution in [3.05, 3.63) is 28.8 Å². The van der Waals surface area contributed by atoms with E-state index < -0.39 is 10.0 Å². The summed E-state index contributed by atoms with van der Waals surface area (Å²) in [6.45, 7) is 5.43. The van der Waals surface area contributed by atoms with Crippen molar-refractivity contribution in [2.24, 2.45) is 0 Å². The van der Waals surface area contributed by atoms with Crippen molar-refractivity contribution in [3.8, 4) is 0 Å². The van der Waals surface area contributed by atoms with E-state index in [0.29, 0.717) is 25.2 Å². The van der Waals surface area contributed by atoms with Crippen LogP contribution in [0.5, 0.6) is 0 Å². The second-order valence-electron chi connectivity index (χ2n) is 5.98. The number of likely N-dealkylation sites (N-methyl/N-ethyl adjacent to an activating group) is 1. The SMILES string of the molecule is CN1CCN(S(=O)(=O)c2ccc(CO)c(Cl)c2)CC1(C)C. The lowest BCUT2D eigenvalue weighted by atomic mass is 10.0. The van der Waals surface area contributed by atoms with Gasteiger partial charge in [0.25, 0.3) is 0 Å². The van der Waals surface area contributed by atoms with Crippen molar-refractivity contribution < 1.29 is 13.5 Å². The summed E-state index contributed by atoms with van der Waals surface area (Å²) in [4.78, 5) is 2.32. The quantitative estimate of drug-likeness (QED) is 0.912. The van der Waals surface area contributed by atoms with Gasteiger partial charge in [-0.25, -0.2) is 8.42 Å². The molecule has 0 unspecified atom stereocenters. The van der Waals surface area contributed by atoms with Gasteiger partial charge in [-0.3, -0.25) is 4.90 Å². The average Bonchev–Trinajstić information content (AvgIpc) is 2.41. The first-order chi connectivity index (χ1) is 9.68. The lowest BCUT2D eigenvalue weighted by Gasteiger charge is -2.44. The summed E-state index contributed by atoms with van der Waals surface area (Å²) in [5.41, 5.74) is 0.314. The first-order valence-electron chi connectivity index (χ1n) is 6.79. The molecule has 1 heterocycles. The zero-order valence-corrected chi connectivity index (χ0v) is 14.1. The minimum atomic E-state index is -3.56. The third-order valence-electron chi connectivity index (χ3n) is 4.11. The molecule has 0 radical (unpaired) electrons. The Morgan fingerprint density at radius 3 is 2.52 bits per heavy atom. The van der Waals surface area contributed by atoms with Crippen LogP contribution in [0.25, 0.3) is 0 Å². The van der Waals surface area contributed by atoms with Crippen molar-refractivity contribution in [1.82, 2.24) is 9.21 Å². The zero-order valence-electron chi connectivity index (χ0n) is 12.5. The van der Waals surface area contributed by atoms with Gasteiger partial charge in [-0.15, -0.1) is 0 Å². The van der Waals surface area contributed by atoms with Crippen molar-refractivity contribution in [3.63, 3.8) is 0 Å². The molecule has 7 heteroatoms. The van der Waals surface area contributed by atoms with Gasteiger partial charge in [-0.05, 0) is 38.6 Å². The lowest BCUT2D eigenvalue weighted by molar-refractivity contribution is 0.0801. The number of halogens is 1. The summed E-state index contributed by atoms with van der Waals surface area (Å²) in [6.07, 6.45) is 0. The fraction of sp³-hybridized carbons (Fsp3) is 0.571. The van der Waals surface area contributed by atoms with Crippen LogP contribution in [0.15, 0.2) is 23.1 Å². The first kappa shape index (κ1) is 16.7. The van der Waals surface area contributed by atoms with E-state index in [2.05, 4.69) is 4.90 Å². The summed E-state index contributed by atoms with van der Waals surface area (Å²) in [5, 5.41) is 9.38. The number of aliphatic hydroxyl groups excluding tert-OH is 1. The molecule has 0 saturated carbocycles. The second-order valence-corrected chi connectivity index (χ2v) is 8.33. The predicted octanol–water partition coefficient (Wildman–Crippen LogP) is 1.55. The summed E-state index contributed by atoms with van der Waals surface area (Å²) >= 11 is 6.00. The number of nitrogens with zero attached hydrogens (tertiary/aromatic N) is 2. The van der Waals surface area contributed by atoms with E-state index >= 15 is 0 Å². The summed E-state index contributed by atoms with van der Waals surface area (Å²) in [7, 11) is -1.57. The average molecular weight is 333 g/mol. The third kappa shape index (κ3) is 3.24. The molecule has 2 rings (SSSR count). The van der Waals surface area contributed by atoms with Gasteiger partial charge in [0.1, 0.15) is 0 Å². The van der Waals surface area contributed by atoms with Crippen LogP contribution in [-0.4, -0.2) is 55.0 Å². The van der Waals surface area contributed by atoms with Gasteiger partial charge < -0.3 is 5.11 Å². The Hall–Kier alpha value is -0.660. The van der Waals surface area contributed by atoms with E-state index in [0.717, 1.165) is 0 Å². The number of aliphatic hydroxyl groups is 1. The Morgan fingerprint density at radius 2 is 2.00 bits per heavy atom. The van der Waals surface area contributed by atoms with Gasteiger partial charge in [0.2, 0.25) is 10.0 Å². The first-order valence-corrected chi connectivity index (χ1v) is 8.61. The van der Waals surface area contributed by atoms with Crippen LogP contribution >= 0.6 is 11.6 Å². The molecule has 1 aliphatic heterocycles. The van der Waals surface area contributed by atoms with Gasteiger partial charge in [0.05, 0.1) is 11.5 Å². The maximum Gasteiger partial charge on any atom is 0.243 e. The molecule has 118 valence electrons. The van der Waals surface area contributed by atoms with Gasteiger partial charge >= 0.3 is 0 Å². The molecule has 1 N–H and O–H groups in total. The molecule has 1 aromatic carbocycles. The highest BCUT2D eigenvalue weighted by Gasteiger charge is 2.37. The van der Waals surface area contributed by atoms with Crippen molar-refractivity contribution in [2.45, 2.75) is 30.9 Å². The standard InChI is InChI=1S/C14H21ClN2O3S/c1-14(2)10-17(7-6-16(14)3)21(19,20)12-5-4-11(9-18)13(15)8-12/h4-5,8,18H,6-7,9-10H2,1-3H3. The van der Waals surface area contributed by atoms with E-state index in [9.17, 15) is 8.42 Å². The van der Waals surface area contributed by atoms with Crippen LogP contribution < -0.4 is 0 Å². The second kappa shape index (κ2) is 5.85. The van der Waals surface area contributed by atoms with E-state index in [1.807, 2.05) is 20.9 Å². The molecular weight excluding hydrogens is 312 g/mol. The normalized spacial score (nSPS) is 20.6. The Bertz CT molecular complexity index is 631. The number of piperazine rings is 1. The van der Waals surface area contributed by atoms with E-state index in [1.165, 1.54) is 16.4 Å². The number of hydrogen-bond donors (Lipinski definition) is 1. The monoisotopic (exact) mass is 332 g/mol. The van der Waals surface area contributed by atoms with Crippen molar-refractivity contribution >= 4 is 21.6 Å². The largest absolute Gasteiger partial charge is 0.392 e. The van der Waals surface area contributed by atoms with Crippen molar-refractivity contribution in [2.75, 3.05) is 26.7 Å². The molecule has 21 heavy (non-hydrogen) atoms. The Morgan fingerprint density at radius 1 is 1.33 bits per heavy atom. The summed E-state index contributed by atoms with van der Waals surface area (Å²) in [5.74, 6) is 0. The molecular formula is C14H21ClN2O3S. The third-order valence-corrected chi connectivity index (χ3v) is 6.31. The Balaban J connectivity index is 2.32. The van der Waals surface area contributed by atoms with Crippen LogP contribution in [0.3, 0.4) is 0 Å². The highest BCUT2D eigenvalue weighted by atomic mass is 35.5. The van der Waals surface area contributed by atoms with Gasteiger partial charge in [0.15, 0.2) is 0 Å². The molecule has 0 bridgehead atoms. The van der Waals surface area contributed by atoms with Crippen molar-refractivity contribution in [1.29, 1.82) is 0 Å². The maximum absolute atomic E-state index is 12.7. The number of hydrogen-bond acceptors (Lipinski definition) is 4. The molecule has 0 spiro atoms. The molecule has 0 atom stereocenters. The number of benzene rings is 1. The molecule has 1 saturated heterocycles. The fourth-order valence-corrected chi connectivity index (χ4v) is 4.28. The van der Waals surface area contributed by atoms with Crippen LogP contribution in [0.4, 0.5) is 0 Å². The minimum absolute atomic E-state index is 0.171. The van der Waals surface area contributed by atoms with E-state index in [4.69, 9.17) is 16.7 Å². The van der Waals surface area contributed by atoms with Crippen LogP contribution in [0.2, 0.25) is 5.02 Å². The summed E-state index contributed by atoms with van der Waals surface area (Å²) < 4.78 is 26.9. The molecule has 5 nitrogen and oxygen atoms in total.